The summed E-state index contributed by atoms with van der Waals surface area (Å²) in [5.41, 5.74) is 4.19. The number of aromatic nitrogens is 5. The maximum Gasteiger partial charge on any atom is 0.196 e. The first-order chi connectivity index (χ1) is 16.3. The van der Waals surface area contributed by atoms with Crippen LogP contribution in [-0.2, 0) is 12.4 Å². The van der Waals surface area contributed by atoms with Crippen LogP contribution < -0.4 is 4.74 Å². The van der Waals surface area contributed by atoms with Crippen molar-refractivity contribution in [3.05, 3.63) is 101 Å². The van der Waals surface area contributed by atoms with Crippen LogP contribution in [0.3, 0.4) is 0 Å². The standard InChI is InChI=1S/C25H21N5OS2/c1-18-7-5-6-10-22(18)30-24(19-11-13-26-14-12-19)28-29-25(30)33-17-20-16-32-23(27-20)15-31-21-8-3-2-4-9-21/h2-14,16H,15,17H2,1H3. The normalized spacial score (nSPS) is 10.9. The van der Waals surface area contributed by atoms with Gasteiger partial charge < -0.3 is 4.74 Å². The van der Waals surface area contributed by atoms with Crippen LogP contribution in [0.1, 0.15) is 16.3 Å². The number of pyridine rings is 1. The van der Waals surface area contributed by atoms with Gasteiger partial charge in [-0.1, -0.05) is 48.2 Å². The minimum absolute atomic E-state index is 0.463. The van der Waals surface area contributed by atoms with Gasteiger partial charge in [0, 0.05) is 29.1 Å². The van der Waals surface area contributed by atoms with Gasteiger partial charge in [0.05, 0.1) is 11.4 Å². The highest BCUT2D eigenvalue weighted by molar-refractivity contribution is 7.98. The van der Waals surface area contributed by atoms with E-state index in [2.05, 4.69) is 44.2 Å². The van der Waals surface area contributed by atoms with Gasteiger partial charge in [0.25, 0.3) is 0 Å². The maximum absolute atomic E-state index is 5.82. The van der Waals surface area contributed by atoms with Crippen molar-refractivity contribution in [1.82, 2.24) is 24.7 Å². The Hall–Kier alpha value is -3.49. The first kappa shape index (κ1) is 21.4. The van der Waals surface area contributed by atoms with Crippen molar-refractivity contribution in [3.63, 3.8) is 0 Å². The second-order valence-corrected chi connectivity index (χ2v) is 9.17. The smallest absolute Gasteiger partial charge is 0.196 e. The van der Waals surface area contributed by atoms with Crippen molar-refractivity contribution in [2.75, 3.05) is 0 Å². The predicted octanol–water partition coefficient (Wildman–Crippen LogP) is 5.97. The lowest BCUT2D eigenvalue weighted by atomic mass is 10.2. The Morgan fingerprint density at radius 3 is 2.55 bits per heavy atom. The van der Waals surface area contributed by atoms with Crippen LogP contribution in [0, 0.1) is 6.92 Å². The van der Waals surface area contributed by atoms with Gasteiger partial charge in [-0.3, -0.25) is 9.55 Å². The molecular weight excluding hydrogens is 450 g/mol. The van der Waals surface area contributed by atoms with E-state index in [9.17, 15) is 0 Å². The summed E-state index contributed by atoms with van der Waals surface area (Å²) < 4.78 is 7.93. The Bertz CT molecular complexity index is 1340. The molecule has 0 aliphatic heterocycles. The Labute approximate surface area is 200 Å². The summed E-state index contributed by atoms with van der Waals surface area (Å²) in [7, 11) is 0. The van der Waals surface area contributed by atoms with Crippen LogP contribution in [0.2, 0.25) is 0 Å². The average molecular weight is 472 g/mol. The molecule has 33 heavy (non-hydrogen) atoms. The van der Waals surface area contributed by atoms with E-state index in [1.807, 2.05) is 54.6 Å². The van der Waals surface area contributed by atoms with Crippen molar-refractivity contribution >= 4 is 23.1 Å². The molecule has 0 spiro atoms. The van der Waals surface area contributed by atoms with E-state index < -0.39 is 0 Å². The van der Waals surface area contributed by atoms with Crippen molar-refractivity contribution in [2.24, 2.45) is 0 Å². The third kappa shape index (κ3) is 4.97. The monoisotopic (exact) mass is 471 g/mol. The largest absolute Gasteiger partial charge is 0.486 e. The Kier molecular flexibility index (Phi) is 6.46. The van der Waals surface area contributed by atoms with E-state index in [1.54, 1.807) is 35.5 Å². The Morgan fingerprint density at radius 1 is 0.939 bits per heavy atom. The number of hydrogen-bond acceptors (Lipinski definition) is 7. The summed E-state index contributed by atoms with van der Waals surface area (Å²) in [5, 5.41) is 12.9. The SMILES string of the molecule is Cc1ccccc1-n1c(SCc2csc(COc3ccccc3)n2)nnc1-c1ccncc1. The topological polar surface area (TPSA) is 65.7 Å². The molecule has 0 fully saturated rings. The van der Waals surface area contributed by atoms with Crippen LogP contribution >= 0.6 is 23.1 Å². The molecule has 0 aliphatic carbocycles. The molecule has 0 saturated heterocycles. The summed E-state index contributed by atoms with van der Waals surface area (Å²) in [5.74, 6) is 2.34. The zero-order valence-corrected chi connectivity index (χ0v) is 19.6. The van der Waals surface area contributed by atoms with Gasteiger partial charge in [-0.15, -0.1) is 21.5 Å². The third-order valence-corrected chi connectivity index (χ3v) is 6.82. The third-order valence-electron chi connectivity index (χ3n) is 4.98. The molecule has 8 heteroatoms. The van der Waals surface area contributed by atoms with E-state index in [1.165, 1.54) is 0 Å². The number of aryl methyl sites for hydroxylation is 1. The maximum atomic E-state index is 5.82. The lowest BCUT2D eigenvalue weighted by Gasteiger charge is -2.12. The first-order valence-corrected chi connectivity index (χ1v) is 12.3. The fourth-order valence-electron chi connectivity index (χ4n) is 3.36. The van der Waals surface area contributed by atoms with E-state index in [-0.39, 0.29) is 0 Å². The second-order valence-electron chi connectivity index (χ2n) is 7.29. The summed E-state index contributed by atoms with van der Waals surface area (Å²) >= 11 is 3.23. The number of nitrogens with zero attached hydrogens (tertiary/aromatic N) is 5. The van der Waals surface area contributed by atoms with E-state index in [0.717, 1.165) is 44.2 Å². The summed E-state index contributed by atoms with van der Waals surface area (Å²) in [4.78, 5) is 8.86. The first-order valence-electron chi connectivity index (χ1n) is 10.4. The molecule has 5 rings (SSSR count). The lowest BCUT2D eigenvalue weighted by molar-refractivity contribution is 0.305. The number of rotatable bonds is 8. The zero-order valence-electron chi connectivity index (χ0n) is 18.0. The molecule has 0 N–H and O–H groups in total. The molecule has 164 valence electrons. The number of benzene rings is 2. The predicted molar refractivity (Wildman–Crippen MR) is 132 cm³/mol. The molecule has 3 aromatic heterocycles. The van der Waals surface area contributed by atoms with Crippen LogP contribution in [0.4, 0.5) is 0 Å². The molecule has 0 atom stereocenters. The molecule has 0 aliphatic rings. The number of thiazole rings is 1. The van der Waals surface area contributed by atoms with Gasteiger partial charge in [0.1, 0.15) is 17.4 Å². The minimum atomic E-state index is 0.463. The quantitative estimate of drug-likeness (QED) is 0.260. The Balaban J connectivity index is 1.36. The number of thioether (sulfide) groups is 1. The average Bonchev–Trinajstić information content (AvgIpc) is 3.50. The number of hydrogen-bond donors (Lipinski definition) is 0. The Morgan fingerprint density at radius 2 is 1.73 bits per heavy atom. The van der Waals surface area contributed by atoms with E-state index >= 15 is 0 Å². The van der Waals surface area contributed by atoms with Crippen LogP contribution in [0.25, 0.3) is 17.1 Å². The van der Waals surface area contributed by atoms with Crippen LogP contribution in [0.15, 0.2) is 89.7 Å². The molecule has 0 radical (unpaired) electrons. The van der Waals surface area contributed by atoms with Crippen molar-refractivity contribution in [1.29, 1.82) is 0 Å². The van der Waals surface area contributed by atoms with Gasteiger partial charge in [-0.05, 0) is 42.8 Å². The highest BCUT2D eigenvalue weighted by Gasteiger charge is 2.18. The molecular formula is C25H21N5OS2. The second kappa shape index (κ2) is 9.97. The van der Waals surface area contributed by atoms with E-state index in [0.29, 0.717) is 12.4 Å². The summed E-state index contributed by atoms with van der Waals surface area (Å²) in [6, 6.07) is 22.0. The van der Waals surface area contributed by atoms with Crippen LogP contribution in [-0.4, -0.2) is 24.7 Å². The fourth-order valence-corrected chi connectivity index (χ4v) is 5.01. The number of para-hydroxylation sites is 2. The lowest BCUT2D eigenvalue weighted by Crippen LogP contribution is -2.02. The number of ether oxygens (including phenoxy) is 1. The fraction of sp³-hybridized carbons (Fsp3) is 0.120. The highest BCUT2D eigenvalue weighted by atomic mass is 32.2. The molecule has 0 unspecified atom stereocenters. The molecule has 0 saturated carbocycles. The summed E-state index contributed by atoms with van der Waals surface area (Å²) in [6.45, 7) is 2.56. The zero-order chi connectivity index (χ0) is 22.5. The van der Waals surface area contributed by atoms with Crippen molar-refractivity contribution in [3.8, 4) is 22.8 Å². The molecule has 0 amide bonds. The van der Waals surface area contributed by atoms with Crippen molar-refractivity contribution < 1.29 is 4.74 Å². The van der Waals surface area contributed by atoms with E-state index in [4.69, 9.17) is 9.72 Å². The minimum Gasteiger partial charge on any atom is -0.486 e. The summed E-state index contributed by atoms with van der Waals surface area (Å²) in [6.07, 6.45) is 3.54. The van der Waals surface area contributed by atoms with Gasteiger partial charge in [-0.2, -0.15) is 0 Å². The van der Waals surface area contributed by atoms with Gasteiger partial charge in [-0.25, -0.2) is 4.98 Å². The van der Waals surface area contributed by atoms with Crippen molar-refractivity contribution in [2.45, 2.75) is 24.4 Å². The molecule has 5 aromatic rings. The van der Waals surface area contributed by atoms with Gasteiger partial charge in [0.2, 0.25) is 0 Å². The molecule has 2 aromatic carbocycles. The molecule has 0 bridgehead atoms. The van der Waals surface area contributed by atoms with Crippen LogP contribution in [0.5, 0.6) is 5.75 Å². The van der Waals surface area contributed by atoms with Gasteiger partial charge >= 0.3 is 0 Å². The van der Waals surface area contributed by atoms with Gasteiger partial charge in [0.15, 0.2) is 11.0 Å². The molecule has 3 heterocycles. The molecule has 6 nitrogen and oxygen atoms in total. The highest BCUT2D eigenvalue weighted by Crippen LogP contribution is 2.31.